The highest BCUT2D eigenvalue weighted by molar-refractivity contribution is 7.91. The van der Waals surface area contributed by atoms with Crippen molar-refractivity contribution in [3.63, 3.8) is 0 Å². The molecular weight excluding hydrogens is 452 g/mol. The normalized spacial score (nSPS) is 13.6. The molecule has 0 fully saturated rings. The highest BCUT2D eigenvalue weighted by Gasteiger charge is 2.37. The molecule has 0 aliphatic carbocycles. The van der Waals surface area contributed by atoms with Crippen molar-refractivity contribution >= 4 is 21.5 Å². The van der Waals surface area contributed by atoms with Crippen molar-refractivity contribution in [1.82, 2.24) is 0 Å². The molecule has 0 saturated heterocycles. The first-order chi connectivity index (χ1) is 14.1. The Balaban J connectivity index is 2.32. The van der Waals surface area contributed by atoms with Crippen LogP contribution in [-0.2, 0) is 27.0 Å². The van der Waals surface area contributed by atoms with E-state index in [4.69, 9.17) is 5.41 Å². The fraction of sp³-hybridized carbons (Fsp3) is 0.263. The van der Waals surface area contributed by atoms with Crippen molar-refractivity contribution in [3.8, 4) is 0 Å². The standard InChI is InChI=1S/C19H15F6NO4S/c20-18(21,22)12-5-3-4-11(10-12)16(26)13(17(27)28)8-9-31(29,30)15-7-2-1-6-14(15)19(23,24)25/h1-7,10,13,26H,8-9H2,(H,27,28). The number of nitrogens with one attached hydrogen (secondary N) is 1. The molecule has 0 aliphatic rings. The minimum Gasteiger partial charge on any atom is -0.481 e. The molecule has 0 saturated carbocycles. The number of aliphatic carboxylic acids is 1. The summed E-state index contributed by atoms with van der Waals surface area (Å²) in [6, 6.07) is 6.63. The molecule has 168 valence electrons. The number of carboxylic acid groups (broad SMARTS) is 1. The van der Waals surface area contributed by atoms with Crippen molar-refractivity contribution in [1.29, 1.82) is 5.41 Å². The Morgan fingerprint density at radius 1 is 0.968 bits per heavy atom. The number of alkyl halides is 6. The van der Waals surface area contributed by atoms with Crippen molar-refractivity contribution in [3.05, 3.63) is 65.2 Å². The maximum atomic E-state index is 13.1. The van der Waals surface area contributed by atoms with Crippen LogP contribution in [0.1, 0.15) is 23.1 Å². The van der Waals surface area contributed by atoms with Gasteiger partial charge in [-0.1, -0.05) is 24.3 Å². The van der Waals surface area contributed by atoms with E-state index < -0.39 is 73.5 Å². The minimum absolute atomic E-state index is 0.393. The SMILES string of the molecule is N=C(c1cccc(C(F)(F)F)c1)C(CCS(=O)(=O)c1ccccc1C(F)(F)F)C(=O)O. The van der Waals surface area contributed by atoms with Crippen molar-refractivity contribution in [2.45, 2.75) is 23.7 Å². The Bertz CT molecular complexity index is 1090. The Kier molecular flexibility index (Phi) is 6.84. The summed E-state index contributed by atoms with van der Waals surface area (Å²) in [5.74, 6) is -4.60. The zero-order chi connectivity index (χ0) is 23.6. The zero-order valence-electron chi connectivity index (χ0n) is 15.5. The second-order valence-electron chi connectivity index (χ2n) is 6.48. The molecule has 0 bridgehead atoms. The first kappa shape index (κ1) is 24.4. The third-order valence-electron chi connectivity index (χ3n) is 4.35. The van der Waals surface area contributed by atoms with E-state index in [0.717, 1.165) is 30.3 Å². The van der Waals surface area contributed by atoms with Crippen LogP contribution in [0.3, 0.4) is 0 Å². The molecule has 0 amide bonds. The lowest BCUT2D eigenvalue weighted by molar-refractivity contribution is -0.140. The van der Waals surface area contributed by atoms with Gasteiger partial charge in [-0.2, -0.15) is 26.3 Å². The Morgan fingerprint density at radius 2 is 1.58 bits per heavy atom. The molecule has 0 radical (unpaired) electrons. The van der Waals surface area contributed by atoms with Gasteiger partial charge in [-0.15, -0.1) is 0 Å². The lowest BCUT2D eigenvalue weighted by Crippen LogP contribution is -2.27. The Morgan fingerprint density at radius 3 is 2.13 bits per heavy atom. The van der Waals surface area contributed by atoms with Crippen LogP contribution in [0, 0.1) is 11.3 Å². The summed E-state index contributed by atoms with van der Waals surface area (Å²) in [7, 11) is -4.61. The van der Waals surface area contributed by atoms with Crippen LogP contribution in [0.5, 0.6) is 0 Å². The smallest absolute Gasteiger partial charge is 0.417 e. The average molecular weight is 467 g/mol. The molecule has 2 N–H and O–H groups in total. The number of hydrogen-bond donors (Lipinski definition) is 2. The predicted octanol–water partition coefficient (Wildman–Crippen LogP) is 4.66. The molecule has 31 heavy (non-hydrogen) atoms. The van der Waals surface area contributed by atoms with Crippen LogP contribution >= 0.6 is 0 Å². The van der Waals surface area contributed by atoms with Gasteiger partial charge in [-0.25, -0.2) is 8.42 Å². The monoisotopic (exact) mass is 467 g/mol. The maximum absolute atomic E-state index is 13.1. The highest BCUT2D eigenvalue weighted by Crippen LogP contribution is 2.35. The molecule has 2 rings (SSSR count). The van der Waals surface area contributed by atoms with E-state index in [2.05, 4.69) is 0 Å². The molecule has 0 aliphatic heterocycles. The van der Waals surface area contributed by atoms with Crippen molar-refractivity contribution in [2.24, 2.45) is 5.92 Å². The van der Waals surface area contributed by atoms with Crippen LogP contribution < -0.4 is 0 Å². The van der Waals surface area contributed by atoms with E-state index in [-0.39, 0.29) is 0 Å². The summed E-state index contributed by atoms with van der Waals surface area (Å²) >= 11 is 0. The molecule has 1 unspecified atom stereocenters. The van der Waals surface area contributed by atoms with Crippen LogP contribution in [0.15, 0.2) is 53.4 Å². The van der Waals surface area contributed by atoms with Crippen LogP contribution in [0.2, 0.25) is 0 Å². The Hall–Kier alpha value is -2.89. The summed E-state index contributed by atoms with van der Waals surface area (Å²) in [5, 5.41) is 17.3. The molecule has 0 heterocycles. The number of halogens is 6. The quantitative estimate of drug-likeness (QED) is 0.458. The lowest BCUT2D eigenvalue weighted by atomic mass is 9.93. The summed E-state index contributed by atoms with van der Waals surface area (Å²) < 4.78 is 103. The zero-order valence-corrected chi connectivity index (χ0v) is 16.3. The molecule has 0 aromatic heterocycles. The highest BCUT2D eigenvalue weighted by atomic mass is 32.2. The van der Waals surface area contributed by atoms with Gasteiger partial charge in [0.2, 0.25) is 0 Å². The van der Waals surface area contributed by atoms with Crippen LogP contribution in [0.4, 0.5) is 26.3 Å². The average Bonchev–Trinajstić information content (AvgIpc) is 2.66. The van der Waals surface area contributed by atoms with Gasteiger partial charge >= 0.3 is 18.3 Å². The molecular formula is C19H15F6NO4S. The second-order valence-corrected chi connectivity index (χ2v) is 8.56. The van der Waals surface area contributed by atoms with E-state index in [1.807, 2.05) is 0 Å². The molecule has 12 heteroatoms. The summed E-state index contributed by atoms with van der Waals surface area (Å²) in [4.78, 5) is 10.5. The Labute approximate surface area is 172 Å². The van der Waals surface area contributed by atoms with Gasteiger partial charge in [0.25, 0.3) is 0 Å². The predicted molar refractivity (Wildman–Crippen MR) is 97.5 cm³/mol. The number of hydrogen-bond acceptors (Lipinski definition) is 4. The maximum Gasteiger partial charge on any atom is 0.417 e. The largest absolute Gasteiger partial charge is 0.481 e. The number of rotatable bonds is 7. The number of benzene rings is 2. The van der Waals surface area contributed by atoms with Crippen LogP contribution in [-0.4, -0.2) is 31.0 Å². The lowest BCUT2D eigenvalue weighted by Gasteiger charge is -2.17. The number of sulfone groups is 1. The summed E-state index contributed by atoms with van der Waals surface area (Å²) in [5.41, 5.74) is -3.74. The van der Waals surface area contributed by atoms with E-state index in [9.17, 15) is 44.7 Å². The van der Waals surface area contributed by atoms with Gasteiger partial charge in [0.05, 0.1) is 33.4 Å². The second kappa shape index (κ2) is 8.69. The van der Waals surface area contributed by atoms with E-state index in [1.165, 1.54) is 0 Å². The minimum atomic E-state index is -4.97. The molecule has 5 nitrogen and oxygen atoms in total. The third kappa shape index (κ3) is 5.84. The van der Waals surface area contributed by atoms with Crippen molar-refractivity contribution < 1.29 is 44.7 Å². The number of carboxylic acids is 1. The molecule has 2 aromatic carbocycles. The van der Waals surface area contributed by atoms with Gasteiger partial charge in [0.15, 0.2) is 9.84 Å². The van der Waals surface area contributed by atoms with E-state index >= 15 is 0 Å². The van der Waals surface area contributed by atoms with Gasteiger partial charge in [-0.05, 0) is 36.2 Å². The van der Waals surface area contributed by atoms with E-state index in [0.29, 0.717) is 18.2 Å². The first-order valence-corrected chi connectivity index (χ1v) is 10.2. The third-order valence-corrected chi connectivity index (χ3v) is 6.15. The molecule has 2 aromatic rings. The van der Waals surface area contributed by atoms with Gasteiger partial charge < -0.3 is 10.5 Å². The number of carbonyl (C=O) groups is 1. The first-order valence-electron chi connectivity index (χ1n) is 8.52. The van der Waals surface area contributed by atoms with Crippen LogP contribution in [0.25, 0.3) is 0 Å². The fourth-order valence-electron chi connectivity index (χ4n) is 2.81. The summed E-state index contributed by atoms with van der Waals surface area (Å²) in [6.45, 7) is 0. The van der Waals surface area contributed by atoms with Gasteiger partial charge in [-0.3, -0.25) is 4.79 Å². The molecule has 1 atom stereocenters. The summed E-state index contributed by atoms with van der Waals surface area (Å²) in [6.07, 6.45) is -10.5. The topological polar surface area (TPSA) is 95.3 Å². The molecule has 0 spiro atoms. The van der Waals surface area contributed by atoms with Crippen molar-refractivity contribution in [2.75, 3.05) is 5.75 Å². The van der Waals surface area contributed by atoms with Gasteiger partial charge in [0.1, 0.15) is 0 Å². The van der Waals surface area contributed by atoms with Gasteiger partial charge in [0, 0.05) is 0 Å². The van der Waals surface area contributed by atoms with E-state index in [1.54, 1.807) is 0 Å². The fourth-order valence-corrected chi connectivity index (χ4v) is 4.38.